The van der Waals surface area contributed by atoms with Crippen LogP contribution in [0.15, 0.2) is 17.2 Å². The first kappa shape index (κ1) is 24.3. The molecule has 0 unspecified atom stereocenters. The third kappa shape index (κ3) is 5.98. The molecule has 0 aromatic carbocycles. The summed E-state index contributed by atoms with van der Waals surface area (Å²) in [5, 5.41) is 3.18. The molecule has 1 atom stereocenters. The molecular formula is C24H38N4O4S. The summed E-state index contributed by atoms with van der Waals surface area (Å²) < 4.78 is 28.0. The van der Waals surface area contributed by atoms with Gasteiger partial charge in [-0.05, 0) is 44.6 Å². The molecule has 2 amide bonds. The van der Waals surface area contributed by atoms with Crippen LogP contribution in [0, 0.1) is 5.92 Å². The van der Waals surface area contributed by atoms with Gasteiger partial charge in [0.15, 0.2) is 0 Å². The number of likely N-dealkylation sites (tertiary alicyclic amines) is 1. The van der Waals surface area contributed by atoms with E-state index in [0.717, 1.165) is 51.4 Å². The number of H-pyrrole nitrogens is 1. The Morgan fingerprint density at radius 2 is 1.55 bits per heavy atom. The molecule has 3 aliphatic rings. The summed E-state index contributed by atoms with van der Waals surface area (Å²) in [6.45, 7) is 2.02. The number of amides is 2. The number of piperidine rings is 1. The molecule has 8 nitrogen and oxygen atoms in total. The minimum Gasteiger partial charge on any atom is -0.356 e. The van der Waals surface area contributed by atoms with Crippen molar-refractivity contribution in [1.82, 2.24) is 19.5 Å². The van der Waals surface area contributed by atoms with E-state index >= 15 is 0 Å². The minimum absolute atomic E-state index is 0.0205. The van der Waals surface area contributed by atoms with Gasteiger partial charge in [-0.1, -0.05) is 38.5 Å². The smallest absolute Gasteiger partial charge is 0.270 e. The summed E-state index contributed by atoms with van der Waals surface area (Å²) in [6.07, 6.45) is 13.7. The maximum Gasteiger partial charge on any atom is 0.270 e. The third-order valence-corrected chi connectivity index (χ3v) is 9.22. The minimum atomic E-state index is -3.77. The molecule has 2 N–H and O–H groups in total. The second kappa shape index (κ2) is 11.0. The van der Waals surface area contributed by atoms with Gasteiger partial charge in [0, 0.05) is 38.4 Å². The number of carbonyl (C=O) groups excluding carboxylic acids is 2. The lowest BCUT2D eigenvalue weighted by Crippen LogP contribution is -2.47. The van der Waals surface area contributed by atoms with E-state index in [2.05, 4.69) is 10.3 Å². The topological polar surface area (TPSA) is 103 Å². The fourth-order valence-electron chi connectivity index (χ4n) is 5.36. The summed E-state index contributed by atoms with van der Waals surface area (Å²) in [5.74, 6) is -0.487. The van der Waals surface area contributed by atoms with Gasteiger partial charge < -0.3 is 15.2 Å². The average molecular weight is 479 g/mol. The number of hydrogen-bond donors (Lipinski definition) is 2. The number of aromatic amines is 1. The van der Waals surface area contributed by atoms with Crippen molar-refractivity contribution >= 4 is 21.8 Å². The largest absolute Gasteiger partial charge is 0.356 e. The van der Waals surface area contributed by atoms with Crippen LogP contribution in [0.1, 0.15) is 87.5 Å². The van der Waals surface area contributed by atoms with Crippen molar-refractivity contribution in [1.29, 1.82) is 0 Å². The Morgan fingerprint density at radius 1 is 0.879 bits per heavy atom. The van der Waals surface area contributed by atoms with Gasteiger partial charge in [0.1, 0.15) is 10.6 Å². The highest BCUT2D eigenvalue weighted by atomic mass is 32.2. The van der Waals surface area contributed by atoms with Gasteiger partial charge in [-0.25, -0.2) is 8.42 Å². The lowest BCUT2D eigenvalue weighted by Gasteiger charge is -2.32. The average Bonchev–Trinajstić information content (AvgIpc) is 2.99. The van der Waals surface area contributed by atoms with E-state index in [1.807, 2.05) is 4.90 Å². The lowest BCUT2D eigenvalue weighted by atomic mass is 9.97. The van der Waals surface area contributed by atoms with E-state index in [1.54, 1.807) is 0 Å². The molecule has 9 heteroatoms. The van der Waals surface area contributed by atoms with Gasteiger partial charge in [-0.15, -0.1) is 0 Å². The number of aromatic nitrogens is 1. The summed E-state index contributed by atoms with van der Waals surface area (Å²) in [7, 11) is -3.77. The van der Waals surface area contributed by atoms with Crippen LogP contribution in [0.3, 0.4) is 0 Å². The van der Waals surface area contributed by atoms with Crippen LogP contribution in [0.5, 0.6) is 0 Å². The molecular weight excluding hydrogens is 440 g/mol. The normalized spacial score (nSPS) is 24.1. The second-order valence-electron chi connectivity index (χ2n) is 9.85. The highest BCUT2D eigenvalue weighted by Crippen LogP contribution is 2.26. The number of carbonyl (C=O) groups is 2. The Morgan fingerprint density at radius 3 is 2.24 bits per heavy atom. The second-order valence-corrected chi connectivity index (χ2v) is 11.8. The predicted octanol–water partition coefficient (Wildman–Crippen LogP) is 3.27. The van der Waals surface area contributed by atoms with Crippen LogP contribution in [0.2, 0.25) is 0 Å². The van der Waals surface area contributed by atoms with Gasteiger partial charge in [0.25, 0.3) is 5.91 Å². The van der Waals surface area contributed by atoms with Crippen molar-refractivity contribution in [2.75, 3.05) is 26.2 Å². The first-order valence-electron chi connectivity index (χ1n) is 12.7. The number of nitrogens with one attached hydrogen (secondary N) is 2. The molecule has 0 spiro atoms. The van der Waals surface area contributed by atoms with Crippen LogP contribution in [-0.2, 0) is 14.8 Å². The molecule has 33 heavy (non-hydrogen) atoms. The van der Waals surface area contributed by atoms with Crippen molar-refractivity contribution in [3.05, 3.63) is 18.0 Å². The number of rotatable bonds is 5. The lowest BCUT2D eigenvalue weighted by molar-refractivity contribution is -0.126. The van der Waals surface area contributed by atoms with E-state index in [4.69, 9.17) is 0 Å². The summed E-state index contributed by atoms with van der Waals surface area (Å²) in [5.41, 5.74) is 0.315. The van der Waals surface area contributed by atoms with E-state index in [-0.39, 0.29) is 35.2 Å². The van der Waals surface area contributed by atoms with Gasteiger partial charge in [-0.2, -0.15) is 4.31 Å². The van der Waals surface area contributed by atoms with E-state index in [1.165, 1.54) is 29.4 Å². The fourth-order valence-corrected chi connectivity index (χ4v) is 6.88. The van der Waals surface area contributed by atoms with Crippen molar-refractivity contribution in [2.45, 2.75) is 88.0 Å². The van der Waals surface area contributed by atoms with Gasteiger partial charge in [0.05, 0.1) is 5.92 Å². The maximum absolute atomic E-state index is 13.3. The van der Waals surface area contributed by atoms with Gasteiger partial charge in [0.2, 0.25) is 15.9 Å². The molecule has 2 aliphatic heterocycles. The van der Waals surface area contributed by atoms with E-state index in [9.17, 15) is 18.0 Å². The van der Waals surface area contributed by atoms with Gasteiger partial charge >= 0.3 is 0 Å². The highest BCUT2D eigenvalue weighted by molar-refractivity contribution is 7.89. The van der Waals surface area contributed by atoms with Crippen LogP contribution in [0.25, 0.3) is 0 Å². The Bertz CT molecular complexity index is 913. The zero-order chi connectivity index (χ0) is 23.3. The molecule has 0 radical (unpaired) electrons. The first-order valence-corrected chi connectivity index (χ1v) is 14.2. The summed E-state index contributed by atoms with van der Waals surface area (Å²) in [6, 6.07) is 1.67. The van der Waals surface area contributed by atoms with Crippen LogP contribution in [0.4, 0.5) is 0 Å². The Hall–Kier alpha value is -1.87. The number of hydrogen-bond acceptors (Lipinski definition) is 4. The zero-order valence-corrected chi connectivity index (χ0v) is 20.4. The van der Waals surface area contributed by atoms with Gasteiger partial charge in [-0.3, -0.25) is 9.59 Å². The highest BCUT2D eigenvalue weighted by Gasteiger charge is 2.35. The molecule has 1 aromatic heterocycles. The number of nitrogens with zero attached hydrogens (tertiary/aromatic N) is 2. The maximum atomic E-state index is 13.3. The monoisotopic (exact) mass is 478 g/mol. The molecule has 3 heterocycles. The molecule has 184 valence electrons. The molecule has 4 rings (SSSR count). The molecule has 3 fully saturated rings. The molecule has 0 bridgehead atoms. The number of sulfonamides is 1. The Labute approximate surface area is 197 Å². The van der Waals surface area contributed by atoms with E-state index in [0.29, 0.717) is 38.2 Å². The first-order chi connectivity index (χ1) is 15.9. The van der Waals surface area contributed by atoms with Crippen molar-refractivity contribution < 1.29 is 18.0 Å². The molecule has 1 saturated carbocycles. The summed E-state index contributed by atoms with van der Waals surface area (Å²) >= 11 is 0. The quantitative estimate of drug-likeness (QED) is 0.634. The van der Waals surface area contributed by atoms with E-state index < -0.39 is 10.0 Å². The standard InChI is InChI=1S/C24H38N4O4S/c29-23(26-20-11-5-1-2-6-12-20)19-10-9-15-28(18-19)33(31,32)21-16-22(25-17-21)24(30)27-13-7-3-4-8-14-27/h16-17,19-20,25H,1-15,18H2,(H,26,29)/t19-/m1/s1. The fraction of sp³-hybridized carbons (Fsp3) is 0.750. The molecule has 1 aliphatic carbocycles. The SMILES string of the molecule is O=C(NC1CCCCCC1)[C@@H]1CCCN(S(=O)(=O)c2c[nH]c(C(=O)N3CCCCCC3)c2)C1. The predicted molar refractivity (Wildman–Crippen MR) is 126 cm³/mol. The Kier molecular flexibility index (Phi) is 8.11. The Balaban J connectivity index is 1.39. The van der Waals surface area contributed by atoms with Crippen molar-refractivity contribution in [2.24, 2.45) is 5.92 Å². The zero-order valence-electron chi connectivity index (χ0n) is 19.6. The summed E-state index contributed by atoms with van der Waals surface area (Å²) in [4.78, 5) is 30.6. The third-order valence-electron chi connectivity index (χ3n) is 7.37. The van der Waals surface area contributed by atoms with Crippen LogP contribution in [-0.4, -0.2) is 66.6 Å². The van der Waals surface area contributed by atoms with Crippen molar-refractivity contribution in [3.8, 4) is 0 Å². The van der Waals surface area contributed by atoms with Crippen molar-refractivity contribution in [3.63, 3.8) is 0 Å². The molecule has 2 saturated heterocycles. The van der Waals surface area contributed by atoms with Crippen LogP contribution >= 0.6 is 0 Å². The van der Waals surface area contributed by atoms with Crippen LogP contribution < -0.4 is 5.32 Å². The molecule has 1 aromatic rings.